The van der Waals surface area contributed by atoms with Gasteiger partial charge in [0, 0.05) is 12.6 Å². The molecule has 2 rings (SSSR count). The van der Waals surface area contributed by atoms with Crippen molar-refractivity contribution >= 4 is 39.2 Å². The van der Waals surface area contributed by atoms with Gasteiger partial charge in [-0.1, -0.05) is 0 Å². The SMILES string of the molecule is CC(=O)Nc1ccc(S(=O)(=O)Nc2cc(C(=O)O)cc(C(=O)O)c2)cc1. The van der Waals surface area contributed by atoms with E-state index in [0.29, 0.717) is 5.69 Å². The Morgan fingerprint density at radius 3 is 1.77 bits per heavy atom. The minimum absolute atomic E-state index is 0.149. The molecule has 0 saturated carbocycles. The molecule has 4 N–H and O–H groups in total. The topological polar surface area (TPSA) is 150 Å². The highest BCUT2D eigenvalue weighted by atomic mass is 32.2. The van der Waals surface area contributed by atoms with Crippen LogP contribution < -0.4 is 10.0 Å². The zero-order valence-corrected chi connectivity index (χ0v) is 14.2. The lowest BCUT2D eigenvalue weighted by molar-refractivity contribution is -0.114. The van der Waals surface area contributed by atoms with Gasteiger partial charge in [0.1, 0.15) is 0 Å². The molecule has 9 nitrogen and oxygen atoms in total. The van der Waals surface area contributed by atoms with E-state index < -0.39 is 22.0 Å². The van der Waals surface area contributed by atoms with Gasteiger partial charge in [-0.3, -0.25) is 9.52 Å². The Morgan fingerprint density at radius 2 is 1.35 bits per heavy atom. The Labute approximate surface area is 148 Å². The quantitative estimate of drug-likeness (QED) is 0.599. The van der Waals surface area contributed by atoms with Crippen LogP contribution in [0.15, 0.2) is 47.4 Å². The number of aromatic carboxylic acids is 2. The first-order valence-electron chi connectivity index (χ1n) is 7.10. The van der Waals surface area contributed by atoms with Crippen LogP contribution >= 0.6 is 0 Å². The maximum atomic E-state index is 12.4. The second-order valence-electron chi connectivity index (χ2n) is 5.22. The molecule has 0 aliphatic carbocycles. The lowest BCUT2D eigenvalue weighted by Crippen LogP contribution is -2.14. The molecule has 2 aromatic rings. The van der Waals surface area contributed by atoms with Crippen LogP contribution in [-0.2, 0) is 14.8 Å². The molecule has 0 atom stereocenters. The average Bonchev–Trinajstić information content (AvgIpc) is 2.54. The van der Waals surface area contributed by atoms with Gasteiger partial charge in [-0.05, 0) is 42.5 Å². The van der Waals surface area contributed by atoms with E-state index in [4.69, 9.17) is 10.2 Å². The average molecular weight is 378 g/mol. The van der Waals surface area contributed by atoms with E-state index in [0.717, 1.165) is 18.2 Å². The summed E-state index contributed by atoms with van der Waals surface area (Å²) in [5, 5.41) is 20.5. The van der Waals surface area contributed by atoms with E-state index in [1.165, 1.54) is 31.2 Å². The molecule has 26 heavy (non-hydrogen) atoms. The fourth-order valence-electron chi connectivity index (χ4n) is 2.07. The summed E-state index contributed by atoms with van der Waals surface area (Å²) in [7, 11) is -4.09. The standard InChI is InChI=1S/C16H14N2O7S/c1-9(19)17-12-2-4-14(5-3-12)26(24,25)18-13-7-10(15(20)21)6-11(8-13)16(22)23/h2-8,18H,1H3,(H,17,19)(H,20,21)(H,22,23). The van der Waals surface area contributed by atoms with Crippen molar-refractivity contribution in [3.63, 3.8) is 0 Å². The minimum atomic E-state index is -4.09. The molecule has 0 aromatic heterocycles. The van der Waals surface area contributed by atoms with Crippen LogP contribution in [0.5, 0.6) is 0 Å². The molecule has 0 fully saturated rings. The number of sulfonamides is 1. The summed E-state index contributed by atoms with van der Waals surface area (Å²) in [6.07, 6.45) is 0. The van der Waals surface area contributed by atoms with E-state index in [2.05, 4.69) is 10.0 Å². The molecular weight excluding hydrogens is 364 g/mol. The van der Waals surface area contributed by atoms with E-state index in [-0.39, 0.29) is 27.6 Å². The smallest absolute Gasteiger partial charge is 0.335 e. The number of carboxylic acid groups (broad SMARTS) is 2. The van der Waals surface area contributed by atoms with E-state index in [1.807, 2.05) is 0 Å². The summed E-state index contributed by atoms with van der Waals surface area (Å²) in [6, 6.07) is 8.19. The lowest BCUT2D eigenvalue weighted by Gasteiger charge is -2.10. The van der Waals surface area contributed by atoms with Crippen molar-refractivity contribution in [1.82, 2.24) is 0 Å². The van der Waals surface area contributed by atoms with Crippen LogP contribution in [0.1, 0.15) is 27.6 Å². The zero-order valence-electron chi connectivity index (χ0n) is 13.4. The summed E-state index contributed by atoms with van der Waals surface area (Å²) in [4.78, 5) is 33.0. The Balaban J connectivity index is 2.35. The molecule has 0 heterocycles. The first kappa shape index (κ1) is 18.9. The molecule has 0 bridgehead atoms. The highest BCUT2D eigenvalue weighted by Crippen LogP contribution is 2.21. The summed E-state index contributed by atoms with van der Waals surface area (Å²) >= 11 is 0. The lowest BCUT2D eigenvalue weighted by atomic mass is 10.1. The van der Waals surface area contributed by atoms with Crippen molar-refractivity contribution in [1.29, 1.82) is 0 Å². The van der Waals surface area contributed by atoms with Crippen LogP contribution in [0.3, 0.4) is 0 Å². The van der Waals surface area contributed by atoms with Gasteiger partial charge < -0.3 is 15.5 Å². The van der Waals surface area contributed by atoms with E-state index in [1.54, 1.807) is 0 Å². The fraction of sp³-hybridized carbons (Fsp3) is 0.0625. The minimum Gasteiger partial charge on any atom is -0.478 e. The third-order valence-corrected chi connectivity index (χ3v) is 4.56. The summed E-state index contributed by atoms with van der Waals surface area (Å²) < 4.78 is 27.0. The van der Waals surface area contributed by atoms with Crippen LogP contribution in [0.4, 0.5) is 11.4 Å². The van der Waals surface area contributed by atoms with Gasteiger partial charge in [-0.25, -0.2) is 18.0 Å². The highest BCUT2D eigenvalue weighted by Gasteiger charge is 2.17. The third kappa shape index (κ3) is 4.57. The van der Waals surface area contributed by atoms with Gasteiger partial charge in [0.25, 0.3) is 10.0 Å². The summed E-state index contributed by atoms with van der Waals surface area (Å²) in [6.45, 7) is 1.31. The number of rotatable bonds is 6. The summed E-state index contributed by atoms with van der Waals surface area (Å²) in [5.41, 5.74) is -0.544. The number of benzene rings is 2. The number of hydrogen-bond acceptors (Lipinski definition) is 5. The molecule has 2 aromatic carbocycles. The third-order valence-electron chi connectivity index (χ3n) is 3.16. The largest absolute Gasteiger partial charge is 0.478 e. The molecule has 0 aliphatic heterocycles. The predicted molar refractivity (Wildman–Crippen MR) is 91.9 cm³/mol. The molecule has 0 saturated heterocycles. The number of hydrogen-bond donors (Lipinski definition) is 4. The van der Waals surface area contributed by atoms with Crippen LogP contribution in [0.25, 0.3) is 0 Å². The number of amides is 1. The van der Waals surface area contributed by atoms with Gasteiger partial charge >= 0.3 is 11.9 Å². The molecule has 0 radical (unpaired) electrons. The molecular formula is C16H14N2O7S. The number of carbonyl (C=O) groups excluding carboxylic acids is 1. The summed E-state index contributed by atoms with van der Waals surface area (Å²) in [5.74, 6) is -3.10. The second-order valence-corrected chi connectivity index (χ2v) is 6.90. The first-order valence-corrected chi connectivity index (χ1v) is 8.59. The van der Waals surface area contributed by atoms with Crippen LogP contribution in [0, 0.1) is 0 Å². The molecule has 0 spiro atoms. The molecule has 10 heteroatoms. The fourth-order valence-corrected chi connectivity index (χ4v) is 3.11. The van der Waals surface area contributed by atoms with Gasteiger partial charge in [0.2, 0.25) is 5.91 Å². The monoisotopic (exact) mass is 378 g/mol. The highest BCUT2D eigenvalue weighted by molar-refractivity contribution is 7.92. The van der Waals surface area contributed by atoms with Gasteiger partial charge in [0.15, 0.2) is 0 Å². The van der Waals surface area contributed by atoms with Crippen molar-refractivity contribution in [3.8, 4) is 0 Å². The number of carboxylic acids is 2. The Morgan fingerprint density at radius 1 is 0.846 bits per heavy atom. The van der Waals surface area contributed by atoms with E-state index >= 15 is 0 Å². The Kier molecular flexibility index (Phi) is 5.27. The van der Waals surface area contributed by atoms with Crippen molar-refractivity contribution in [2.24, 2.45) is 0 Å². The molecule has 1 amide bonds. The zero-order chi connectivity index (χ0) is 19.5. The maximum absolute atomic E-state index is 12.4. The number of anilines is 2. The van der Waals surface area contributed by atoms with Crippen molar-refractivity contribution in [2.45, 2.75) is 11.8 Å². The molecule has 136 valence electrons. The van der Waals surface area contributed by atoms with E-state index in [9.17, 15) is 22.8 Å². The van der Waals surface area contributed by atoms with Crippen LogP contribution in [0.2, 0.25) is 0 Å². The Bertz CT molecular complexity index is 950. The normalized spacial score (nSPS) is 10.8. The maximum Gasteiger partial charge on any atom is 0.335 e. The predicted octanol–water partition coefficient (Wildman–Crippen LogP) is 1.84. The van der Waals surface area contributed by atoms with Crippen molar-refractivity contribution in [3.05, 3.63) is 53.6 Å². The van der Waals surface area contributed by atoms with Gasteiger partial charge in [-0.2, -0.15) is 0 Å². The molecule has 0 aliphatic rings. The van der Waals surface area contributed by atoms with Crippen LogP contribution in [-0.4, -0.2) is 36.5 Å². The number of carbonyl (C=O) groups is 3. The molecule has 0 unspecified atom stereocenters. The first-order chi connectivity index (χ1) is 12.1. The number of nitrogens with one attached hydrogen (secondary N) is 2. The van der Waals surface area contributed by atoms with Gasteiger partial charge in [-0.15, -0.1) is 0 Å². The Hall–Kier alpha value is -3.40. The van der Waals surface area contributed by atoms with Crippen molar-refractivity contribution in [2.75, 3.05) is 10.0 Å². The second kappa shape index (κ2) is 7.23. The van der Waals surface area contributed by atoms with Gasteiger partial charge in [0.05, 0.1) is 21.7 Å². The van der Waals surface area contributed by atoms with Crippen molar-refractivity contribution < 1.29 is 33.0 Å².